The fourth-order valence-corrected chi connectivity index (χ4v) is 3.86. The van der Waals surface area contributed by atoms with Crippen LogP contribution in [0, 0.1) is 16.0 Å². The van der Waals surface area contributed by atoms with Crippen LogP contribution >= 0.6 is 0 Å². The van der Waals surface area contributed by atoms with Crippen molar-refractivity contribution in [2.24, 2.45) is 5.92 Å². The van der Waals surface area contributed by atoms with E-state index in [2.05, 4.69) is 29.6 Å². The summed E-state index contributed by atoms with van der Waals surface area (Å²) in [4.78, 5) is 10.8. The van der Waals surface area contributed by atoms with E-state index in [0.29, 0.717) is 5.92 Å². The van der Waals surface area contributed by atoms with Gasteiger partial charge in [0.15, 0.2) is 0 Å². The van der Waals surface area contributed by atoms with Gasteiger partial charge in [-0.1, -0.05) is 24.3 Å². The highest BCUT2D eigenvalue weighted by Gasteiger charge is 2.38. The van der Waals surface area contributed by atoms with Crippen LogP contribution in [0.3, 0.4) is 0 Å². The molecule has 2 aromatic carbocycles. The molecule has 2 aliphatic rings. The van der Waals surface area contributed by atoms with Crippen LogP contribution in [0.2, 0.25) is 0 Å². The van der Waals surface area contributed by atoms with E-state index in [4.69, 9.17) is 4.74 Å². The molecule has 0 bridgehead atoms. The molecule has 1 aliphatic heterocycles. The topological polar surface area (TPSA) is 64.4 Å². The van der Waals surface area contributed by atoms with Gasteiger partial charge in [0, 0.05) is 23.7 Å². The fourth-order valence-electron chi connectivity index (χ4n) is 3.86. The van der Waals surface area contributed by atoms with Crippen molar-refractivity contribution < 1.29 is 9.66 Å². The molecule has 0 spiro atoms. The van der Waals surface area contributed by atoms with Crippen molar-refractivity contribution in [2.75, 3.05) is 12.4 Å². The van der Waals surface area contributed by atoms with Crippen molar-refractivity contribution in [2.45, 2.75) is 18.4 Å². The van der Waals surface area contributed by atoms with Crippen LogP contribution in [0.4, 0.5) is 11.4 Å². The Labute approximate surface area is 140 Å². The number of hydrogen-bond acceptors (Lipinski definition) is 4. The van der Waals surface area contributed by atoms with Crippen LogP contribution < -0.4 is 10.1 Å². The molecule has 0 fully saturated rings. The van der Waals surface area contributed by atoms with Crippen LogP contribution in [0.15, 0.2) is 54.6 Å². The first kappa shape index (κ1) is 14.8. The van der Waals surface area contributed by atoms with Gasteiger partial charge in [0.2, 0.25) is 0 Å². The van der Waals surface area contributed by atoms with Gasteiger partial charge in [0.05, 0.1) is 18.1 Å². The van der Waals surface area contributed by atoms with Crippen molar-refractivity contribution in [3.05, 3.63) is 75.9 Å². The lowest BCUT2D eigenvalue weighted by molar-refractivity contribution is -0.384. The van der Waals surface area contributed by atoms with E-state index < -0.39 is 0 Å². The minimum atomic E-state index is -0.331. The summed E-state index contributed by atoms with van der Waals surface area (Å²) in [7, 11) is 1.67. The van der Waals surface area contributed by atoms with Gasteiger partial charge in [-0.25, -0.2) is 0 Å². The minimum Gasteiger partial charge on any atom is -0.497 e. The monoisotopic (exact) mass is 322 g/mol. The second-order valence-electron chi connectivity index (χ2n) is 6.28. The van der Waals surface area contributed by atoms with E-state index in [0.717, 1.165) is 23.4 Å². The van der Waals surface area contributed by atoms with E-state index in [1.54, 1.807) is 19.2 Å². The number of benzene rings is 2. The molecule has 5 nitrogen and oxygen atoms in total. The Morgan fingerprint density at radius 2 is 2.12 bits per heavy atom. The van der Waals surface area contributed by atoms with Gasteiger partial charge in [-0.2, -0.15) is 0 Å². The number of ether oxygens (including phenoxy) is 1. The maximum Gasteiger partial charge on any atom is 0.269 e. The molecule has 0 radical (unpaired) electrons. The normalized spacial score (nSPS) is 24.0. The Morgan fingerprint density at radius 1 is 1.25 bits per heavy atom. The highest BCUT2D eigenvalue weighted by atomic mass is 16.6. The minimum absolute atomic E-state index is 0.148. The lowest BCUT2D eigenvalue weighted by atomic mass is 9.77. The van der Waals surface area contributed by atoms with E-state index in [-0.39, 0.29) is 22.6 Å². The molecule has 5 heteroatoms. The van der Waals surface area contributed by atoms with Crippen LogP contribution in [0.25, 0.3) is 0 Å². The Hall–Kier alpha value is -2.82. The van der Waals surface area contributed by atoms with E-state index >= 15 is 0 Å². The smallest absolute Gasteiger partial charge is 0.269 e. The zero-order valence-electron chi connectivity index (χ0n) is 13.3. The predicted molar refractivity (Wildman–Crippen MR) is 92.4 cm³/mol. The first-order valence-corrected chi connectivity index (χ1v) is 8.03. The molecule has 0 saturated heterocycles. The molecule has 0 amide bonds. The number of fused-ring (bicyclic) bond motifs is 3. The number of rotatable bonds is 3. The molecule has 1 aliphatic carbocycles. The van der Waals surface area contributed by atoms with Crippen LogP contribution in [0.5, 0.6) is 5.75 Å². The summed E-state index contributed by atoms with van der Waals surface area (Å²) in [6, 6.07) is 13.4. The molecule has 3 atom stereocenters. The Bertz CT molecular complexity index is 831. The van der Waals surface area contributed by atoms with Gasteiger partial charge in [-0.3, -0.25) is 10.1 Å². The van der Waals surface area contributed by atoms with Crippen molar-refractivity contribution in [3.63, 3.8) is 0 Å². The van der Waals surface area contributed by atoms with Gasteiger partial charge < -0.3 is 10.1 Å². The molecular formula is C19H18N2O3. The summed E-state index contributed by atoms with van der Waals surface area (Å²) in [6.07, 6.45) is 5.32. The zero-order chi connectivity index (χ0) is 16.7. The first-order chi connectivity index (χ1) is 11.7. The van der Waals surface area contributed by atoms with Crippen molar-refractivity contribution in [1.82, 2.24) is 0 Å². The first-order valence-electron chi connectivity index (χ1n) is 8.03. The van der Waals surface area contributed by atoms with Gasteiger partial charge in [-0.05, 0) is 41.7 Å². The SMILES string of the molecule is COc1cccc(C2Nc3ccc([N+](=O)[O-])cc3C3C=CCC32)c1. The maximum atomic E-state index is 11.1. The molecule has 122 valence electrons. The van der Waals surface area contributed by atoms with Gasteiger partial charge >= 0.3 is 0 Å². The molecule has 1 N–H and O–H groups in total. The third kappa shape index (κ3) is 2.33. The van der Waals surface area contributed by atoms with Gasteiger partial charge in [-0.15, -0.1) is 0 Å². The van der Waals surface area contributed by atoms with Crippen LogP contribution in [-0.4, -0.2) is 12.0 Å². The maximum absolute atomic E-state index is 11.1. The van der Waals surface area contributed by atoms with Gasteiger partial charge in [0.25, 0.3) is 5.69 Å². The zero-order valence-corrected chi connectivity index (χ0v) is 13.3. The van der Waals surface area contributed by atoms with E-state index in [1.165, 1.54) is 5.56 Å². The summed E-state index contributed by atoms with van der Waals surface area (Å²) in [5, 5.41) is 14.7. The fraction of sp³-hybridized carbons (Fsp3) is 0.263. The molecule has 0 aromatic heterocycles. The number of non-ortho nitro benzene ring substituents is 1. The molecule has 2 aromatic rings. The number of anilines is 1. The molecule has 0 saturated carbocycles. The Kier molecular flexibility index (Phi) is 3.49. The lowest BCUT2D eigenvalue weighted by Crippen LogP contribution is -2.29. The average Bonchev–Trinajstić information content (AvgIpc) is 3.10. The highest BCUT2D eigenvalue weighted by Crippen LogP contribution is 2.50. The number of hydrogen-bond donors (Lipinski definition) is 1. The largest absolute Gasteiger partial charge is 0.497 e. The predicted octanol–water partition coefficient (Wildman–Crippen LogP) is 4.43. The van der Waals surface area contributed by atoms with Crippen molar-refractivity contribution in [3.8, 4) is 5.75 Å². The number of methoxy groups -OCH3 is 1. The Balaban J connectivity index is 1.76. The molecular weight excluding hydrogens is 304 g/mol. The molecule has 24 heavy (non-hydrogen) atoms. The third-order valence-corrected chi connectivity index (χ3v) is 5.01. The molecule has 4 rings (SSSR count). The van der Waals surface area contributed by atoms with Gasteiger partial charge in [0.1, 0.15) is 5.75 Å². The van der Waals surface area contributed by atoms with Crippen LogP contribution in [-0.2, 0) is 0 Å². The highest BCUT2D eigenvalue weighted by molar-refractivity contribution is 5.63. The Morgan fingerprint density at radius 3 is 2.92 bits per heavy atom. The second kappa shape index (κ2) is 5.67. The lowest BCUT2D eigenvalue weighted by Gasteiger charge is -2.37. The number of nitrogens with one attached hydrogen (secondary N) is 1. The van der Waals surface area contributed by atoms with E-state index in [1.807, 2.05) is 18.2 Å². The number of allylic oxidation sites excluding steroid dienone is 2. The van der Waals surface area contributed by atoms with Crippen molar-refractivity contribution >= 4 is 11.4 Å². The van der Waals surface area contributed by atoms with Crippen LogP contribution in [0.1, 0.15) is 29.5 Å². The average molecular weight is 322 g/mol. The summed E-state index contributed by atoms with van der Waals surface area (Å²) < 4.78 is 5.35. The van der Waals surface area contributed by atoms with Crippen molar-refractivity contribution in [1.29, 1.82) is 0 Å². The molecule has 3 unspecified atom stereocenters. The quantitative estimate of drug-likeness (QED) is 0.516. The summed E-state index contributed by atoms with van der Waals surface area (Å²) in [5.41, 5.74) is 3.31. The molecule has 1 heterocycles. The summed E-state index contributed by atoms with van der Waals surface area (Å²) >= 11 is 0. The third-order valence-electron chi connectivity index (χ3n) is 5.01. The number of nitrogens with zero attached hydrogens (tertiary/aromatic N) is 1. The standard InChI is InChI=1S/C19H18N2O3/c1-24-14-5-2-4-12(10-14)19-16-7-3-6-15(16)17-11-13(21(22)23)8-9-18(17)20-19/h2-6,8-11,15-16,19-20H,7H2,1H3. The number of nitro benzene ring substituents is 1. The second-order valence-corrected chi connectivity index (χ2v) is 6.28. The summed E-state index contributed by atoms with van der Waals surface area (Å²) in [6.45, 7) is 0. The summed E-state index contributed by atoms with van der Waals surface area (Å²) in [5.74, 6) is 1.40. The van der Waals surface area contributed by atoms with E-state index in [9.17, 15) is 10.1 Å². The number of nitro groups is 1.